The standard InChI is InChI=1S/C10H21NS/c1-4-8-12-10(5-2)6-7-11(3)9-10/h4-9H2,1-3H3. The van der Waals surface area contributed by atoms with E-state index in [0.717, 1.165) is 0 Å². The average Bonchev–Trinajstić information content (AvgIpc) is 2.45. The first-order valence-corrected chi connectivity index (χ1v) is 6.03. The Kier molecular flexibility index (Phi) is 3.91. The van der Waals surface area contributed by atoms with Crippen molar-refractivity contribution in [3.63, 3.8) is 0 Å². The summed E-state index contributed by atoms with van der Waals surface area (Å²) in [6.07, 6.45) is 4.04. The minimum absolute atomic E-state index is 0.602. The van der Waals surface area contributed by atoms with Gasteiger partial charge in [-0.15, -0.1) is 0 Å². The van der Waals surface area contributed by atoms with E-state index in [9.17, 15) is 0 Å². The molecule has 1 saturated heterocycles. The minimum Gasteiger partial charge on any atom is -0.305 e. The summed E-state index contributed by atoms with van der Waals surface area (Å²) in [7, 11) is 2.24. The summed E-state index contributed by atoms with van der Waals surface area (Å²) in [4.78, 5) is 2.46. The van der Waals surface area contributed by atoms with Gasteiger partial charge in [0.2, 0.25) is 0 Å². The molecule has 0 aromatic rings. The first kappa shape index (κ1) is 10.4. The van der Waals surface area contributed by atoms with Crippen molar-refractivity contribution in [1.29, 1.82) is 0 Å². The topological polar surface area (TPSA) is 3.24 Å². The lowest BCUT2D eigenvalue weighted by Crippen LogP contribution is -2.28. The van der Waals surface area contributed by atoms with Crippen molar-refractivity contribution in [3.05, 3.63) is 0 Å². The molecular formula is C10H21NS. The van der Waals surface area contributed by atoms with Crippen LogP contribution in [0.2, 0.25) is 0 Å². The molecular weight excluding hydrogens is 166 g/mol. The van der Waals surface area contributed by atoms with Gasteiger partial charge in [-0.25, -0.2) is 0 Å². The zero-order chi connectivity index (χ0) is 9.03. The SMILES string of the molecule is CCCSC1(CC)CCN(C)C1. The van der Waals surface area contributed by atoms with Crippen LogP contribution in [0.3, 0.4) is 0 Å². The zero-order valence-corrected chi connectivity index (χ0v) is 9.41. The van der Waals surface area contributed by atoms with Crippen molar-refractivity contribution in [2.75, 3.05) is 25.9 Å². The van der Waals surface area contributed by atoms with Crippen LogP contribution in [-0.2, 0) is 0 Å². The third-order valence-corrected chi connectivity index (χ3v) is 4.61. The molecule has 0 aliphatic carbocycles. The lowest BCUT2D eigenvalue weighted by atomic mass is 10.1. The second-order valence-electron chi connectivity index (χ2n) is 3.87. The van der Waals surface area contributed by atoms with Crippen LogP contribution < -0.4 is 0 Å². The highest BCUT2D eigenvalue weighted by Crippen LogP contribution is 2.37. The third-order valence-electron chi connectivity index (χ3n) is 2.76. The van der Waals surface area contributed by atoms with Gasteiger partial charge in [0.1, 0.15) is 0 Å². The summed E-state index contributed by atoms with van der Waals surface area (Å²) in [6.45, 7) is 7.20. The molecule has 0 amide bonds. The average molecular weight is 187 g/mol. The summed E-state index contributed by atoms with van der Waals surface area (Å²) < 4.78 is 0.602. The van der Waals surface area contributed by atoms with Crippen LogP contribution in [0.5, 0.6) is 0 Å². The molecule has 0 radical (unpaired) electrons. The summed E-state index contributed by atoms with van der Waals surface area (Å²) >= 11 is 2.19. The molecule has 0 aromatic heterocycles. The Bertz CT molecular complexity index is 138. The molecule has 1 aliphatic rings. The lowest BCUT2D eigenvalue weighted by molar-refractivity contribution is 0.402. The fourth-order valence-electron chi connectivity index (χ4n) is 1.87. The molecule has 0 spiro atoms. The molecule has 1 heterocycles. The molecule has 0 saturated carbocycles. The van der Waals surface area contributed by atoms with Gasteiger partial charge in [-0.2, -0.15) is 11.8 Å². The van der Waals surface area contributed by atoms with E-state index in [2.05, 4.69) is 37.6 Å². The van der Waals surface area contributed by atoms with Crippen LogP contribution in [0.15, 0.2) is 0 Å². The Morgan fingerprint density at radius 1 is 1.42 bits per heavy atom. The van der Waals surface area contributed by atoms with Crippen LogP contribution in [0.25, 0.3) is 0 Å². The van der Waals surface area contributed by atoms with Crippen molar-refractivity contribution in [1.82, 2.24) is 4.90 Å². The van der Waals surface area contributed by atoms with Gasteiger partial charge in [-0.1, -0.05) is 13.8 Å². The second kappa shape index (κ2) is 4.52. The Morgan fingerprint density at radius 3 is 2.58 bits per heavy atom. The Balaban J connectivity index is 2.41. The van der Waals surface area contributed by atoms with Crippen molar-refractivity contribution in [2.24, 2.45) is 0 Å². The molecule has 1 aliphatic heterocycles. The first-order chi connectivity index (χ1) is 5.72. The lowest BCUT2D eigenvalue weighted by Gasteiger charge is -2.26. The van der Waals surface area contributed by atoms with Gasteiger partial charge >= 0.3 is 0 Å². The molecule has 2 heteroatoms. The van der Waals surface area contributed by atoms with Gasteiger partial charge in [0.15, 0.2) is 0 Å². The van der Waals surface area contributed by atoms with Crippen LogP contribution in [0.1, 0.15) is 33.1 Å². The molecule has 1 rings (SSSR count). The molecule has 12 heavy (non-hydrogen) atoms. The van der Waals surface area contributed by atoms with Crippen LogP contribution >= 0.6 is 11.8 Å². The van der Waals surface area contributed by atoms with Crippen molar-refractivity contribution in [3.8, 4) is 0 Å². The number of likely N-dealkylation sites (tertiary alicyclic amines) is 1. The Hall–Kier alpha value is 0.310. The summed E-state index contributed by atoms with van der Waals surface area (Å²) in [5.74, 6) is 1.34. The Morgan fingerprint density at radius 2 is 2.17 bits per heavy atom. The third kappa shape index (κ3) is 2.40. The first-order valence-electron chi connectivity index (χ1n) is 5.05. The molecule has 0 N–H and O–H groups in total. The van der Waals surface area contributed by atoms with Crippen LogP contribution in [0, 0.1) is 0 Å². The van der Waals surface area contributed by atoms with Crippen molar-refractivity contribution >= 4 is 11.8 Å². The molecule has 0 bridgehead atoms. The van der Waals surface area contributed by atoms with E-state index in [1.54, 1.807) is 0 Å². The predicted molar refractivity (Wildman–Crippen MR) is 57.9 cm³/mol. The summed E-state index contributed by atoms with van der Waals surface area (Å²) in [5.41, 5.74) is 0. The Labute approximate surface area is 80.9 Å². The molecule has 1 unspecified atom stereocenters. The smallest absolute Gasteiger partial charge is 0.0296 e. The number of hydrogen-bond donors (Lipinski definition) is 0. The van der Waals surface area contributed by atoms with E-state index in [0.29, 0.717) is 4.75 Å². The highest BCUT2D eigenvalue weighted by molar-refractivity contribution is 8.00. The molecule has 1 fully saturated rings. The quantitative estimate of drug-likeness (QED) is 0.665. The van der Waals surface area contributed by atoms with Crippen molar-refractivity contribution in [2.45, 2.75) is 37.9 Å². The van der Waals surface area contributed by atoms with Gasteiger partial charge in [0.25, 0.3) is 0 Å². The maximum atomic E-state index is 2.46. The van der Waals surface area contributed by atoms with Gasteiger partial charge in [0, 0.05) is 11.3 Å². The van der Waals surface area contributed by atoms with Crippen LogP contribution in [-0.4, -0.2) is 35.5 Å². The number of hydrogen-bond acceptors (Lipinski definition) is 2. The summed E-state index contributed by atoms with van der Waals surface area (Å²) in [5, 5.41) is 0. The number of rotatable bonds is 4. The molecule has 1 nitrogen and oxygen atoms in total. The predicted octanol–water partition coefficient (Wildman–Crippen LogP) is 2.61. The van der Waals surface area contributed by atoms with Gasteiger partial charge in [-0.05, 0) is 38.6 Å². The van der Waals surface area contributed by atoms with Crippen LogP contribution in [0.4, 0.5) is 0 Å². The largest absolute Gasteiger partial charge is 0.305 e. The normalized spacial score (nSPS) is 31.2. The van der Waals surface area contributed by atoms with Crippen molar-refractivity contribution < 1.29 is 0 Å². The zero-order valence-electron chi connectivity index (χ0n) is 8.60. The number of thioether (sulfide) groups is 1. The molecule has 0 aromatic carbocycles. The van der Waals surface area contributed by atoms with Gasteiger partial charge in [-0.3, -0.25) is 0 Å². The highest BCUT2D eigenvalue weighted by atomic mass is 32.2. The summed E-state index contributed by atoms with van der Waals surface area (Å²) in [6, 6.07) is 0. The number of nitrogens with zero attached hydrogens (tertiary/aromatic N) is 1. The van der Waals surface area contributed by atoms with E-state index in [1.807, 2.05) is 0 Å². The highest BCUT2D eigenvalue weighted by Gasteiger charge is 2.34. The maximum Gasteiger partial charge on any atom is 0.0296 e. The monoisotopic (exact) mass is 187 g/mol. The fourth-order valence-corrected chi connectivity index (χ4v) is 3.26. The fraction of sp³-hybridized carbons (Fsp3) is 1.00. The molecule has 1 atom stereocenters. The van der Waals surface area contributed by atoms with E-state index < -0.39 is 0 Å². The maximum absolute atomic E-state index is 2.46. The van der Waals surface area contributed by atoms with Gasteiger partial charge in [0.05, 0.1) is 0 Å². The minimum atomic E-state index is 0.602. The van der Waals surface area contributed by atoms with E-state index in [-0.39, 0.29) is 0 Å². The second-order valence-corrected chi connectivity index (χ2v) is 5.44. The van der Waals surface area contributed by atoms with E-state index in [4.69, 9.17) is 0 Å². The molecule has 72 valence electrons. The van der Waals surface area contributed by atoms with E-state index in [1.165, 1.54) is 38.1 Å². The van der Waals surface area contributed by atoms with Gasteiger partial charge < -0.3 is 4.90 Å². The van der Waals surface area contributed by atoms with E-state index >= 15 is 0 Å².